The third kappa shape index (κ3) is 22.3. The monoisotopic (exact) mass is 444 g/mol. The first kappa shape index (κ1) is 29.6. The van der Waals surface area contributed by atoms with Crippen molar-refractivity contribution < 1.29 is 19.4 Å². The average Bonchev–Trinajstić information content (AvgIpc) is 2.75. The number of esters is 1. The number of carbonyl (C=O) groups is 2. The highest BCUT2D eigenvalue weighted by Gasteiger charge is 2.13. The Kier molecular flexibility index (Phi) is 21.6. The Bertz CT molecular complexity index is 611. The molecule has 0 spiro atoms. The first-order chi connectivity index (χ1) is 15.6. The molecule has 1 atom stereocenters. The van der Waals surface area contributed by atoms with Crippen molar-refractivity contribution in [1.29, 1.82) is 0 Å². The molecular formula is C28H44O4. The largest absolute Gasteiger partial charge is 0.481 e. The highest BCUT2D eigenvalue weighted by atomic mass is 16.5. The van der Waals surface area contributed by atoms with Gasteiger partial charge in [-0.2, -0.15) is 0 Å². The SMILES string of the molecule is CC/C=C\C/C=C\C/C=C\C/C=C\C/C=C\CCCC(=O)OC(CCC)CCCC(=O)O. The third-order valence-electron chi connectivity index (χ3n) is 4.73. The van der Waals surface area contributed by atoms with Gasteiger partial charge < -0.3 is 9.84 Å². The number of carbonyl (C=O) groups excluding carboxylic acids is 1. The Labute approximate surface area is 195 Å². The standard InChI is InChI=1S/C28H44O4/c1-3-5-6-7-8-9-10-11-12-13-14-15-16-17-18-19-20-25-28(31)32-26(22-4-2)23-21-24-27(29)30/h5-6,8-9,11-12,14-15,17-18,26H,3-4,7,10,13,16,19-25H2,1-2H3,(H,29,30)/b6-5-,9-8-,12-11-,15-14-,18-17-. The van der Waals surface area contributed by atoms with Gasteiger partial charge in [-0.3, -0.25) is 9.59 Å². The molecule has 0 aliphatic carbocycles. The van der Waals surface area contributed by atoms with Gasteiger partial charge in [-0.05, 0) is 64.2 Å². The van der Waals surface area contributed by atoms with Gasteiger partial charge in [0.1, 0.15) is 6.10 Å². The van der Waals surface area contributed by atoms with Gasteiger partial charge in [0, 0.05) is 12.8 Å². The predicted octanol–water partition coefficient (Wildman–Crippen LogP) is 7.87. The number of rotatable bonds is 20. The van der Waals surface area contributed by atoms with Crippen molar-refractivity contribution in [1.82, 2.24) is 0 Å². The van der Waals surface area contributed by atoms with Crippen LogP contribution in [0.5, 0.6) is 0 Å². The number of carboxylic acid groups (broad SMARTS) is 1. The second kappa shape index (κ2) is 23.3. The summed E-state index contributed by atoms with van der Waals surface area (Å²) in [4.78, 5) is 22.6. The summed E-state index contributed by atoms with van der Waals surface area (Å²) in [5.74, 6) is -0.977. The molecule has 0 saturated carbocycles. The van der Waals surface area contributed by atoms with E-state index in [0.29, 0.717) is 19.3 Å². The predicted molar refractivity (Wildman–Crippen MR) is 135 cm³/mol. The van der Waals surface area contributed by atoms with Crippen LogP contribution in [-0.2, 0) is 14.3 Å². The van der Waals surface area contributed by atoms with Crippen LogP contribution >= 0.6 is 0 Å². The van der Waals surface area contributed by atoms with Crippen LogP contribution in [0.2, 0.25) is 0 Å². The van der Waals surface area contributed by atoms with Gasteiger partial charge in [0.25, 0.3) is 0 Å². The van der Waals surface area contributed by atoms with Crippen LogP contribution in [0.25, 0.3) is 0 Å². The molecular weight excluding hydrogens is 400 g/mol. The molecule has 0 aromatic heterocycles. The number of hydrogen-bond donors (Lipinski definition) is 1. The van der Waals surface area contributed by atoms with Crippen LogP contribution < -0.4 is 0 Å². The van der Waals surface area contributed by atoms with E-state index >= 15 is 0 Å². The van der Waals surface area contributed by atoms with Crippen LogP contribution in [0, 0.1) is 0 Å². The van der Waals surface area contributed by atoms with Crippen molar-refractivity contribution >= 4 is 11.9 Å². The van der Waals surface area contributed by atoms with Crippen molar-refractivity contribution in [3.05, 3.63) is 60.8 Å². The zero-order valence-electron chi connectivity index (χ0n) is 20.2. The smallest absolute Gasteiger partial charge is 0.306 e. The van der Waals surface area contributed by atoms with Crippen molar-refractivity contribution in [3.63, 3.8) is 0 Å². The number of hydrogen-bond acceptors (Lipinski definition) is 3. The van der Waals surface area contributed by atoms with Crippen LogP contribution in [0.1, 0.15) is 97.3 Å². The molecule has 0 radical (unpaired) electrons. The summed E-state index contributed by atoms with van der Waals surface area (Å²) in [6.07, 6.45) is 31.6. The van der Waals surface area contributed by atoms with Crippen molar-refractivity contribution in [2.75, 3.05) is 0 Å². The van der Waals surface area contributed by atoms with Crippen LogP contribution in [0.15, 0.2) is 60.8 Å². The number of aliphatic carboxylic acids is 1. The first-order valence-electron chi connectivity index (χ1n) is 12.3. The fourth-order valence-corrected chi connectivity index (χ4v) is 3.04. The van der Waals surface area contributed by atoms with Gasteiger partial charge in [-0.25, -0.2) is 0 Å². The summed E-state index contributed by atoms with van der Waals surface area (Å²) in [7, 11) is 0. The van der Waals surface area contributed by atoms with Crippen molar-refractivity contribution in [2.45, 2.75) is 103 Å². The van der Waals surface area contributed by atoms with Gasteiger partial charge in [-0.15, -0.1) is 0 Å². The van der Waals surface area contributed by atoms with Crippen molar-refractivity contribution in [3.8, 4) is 0 Å². The maximum absolute atomic E-state index is 12.0. The normalized spacial score (nSPS) is 13.3. The number of allylic oxidation sites excluding steroid dienone is 10. The molecule has 0 saturated heterocycles. The summed E-state index contributed by atoms with van der Waals surface area (Å²) in [5.41, 5.74) is 0. The summed E-state index contributed by atoms with van der Waals surface area (Å²) < 4.78 is 5.52. The maximum Gasteiger partial charge on any atom is 0.306 e. The molecule has 180 valence electrons. The second-order valence-corrected chi connectivity index (χ2v) is 7.79. The van der Waals surface area contributed by atoms with E-state index in [2.05, 4.69) is 67.7 Å². The van der Waals surface area contributed by atoms with E-state index in [-0.39, 0.29) is 18.5 Å². The average molecular weight is 445 g/mol. The summed E-state index contributed by atoms with van der Waals surface area (Å²) in [6, 6.07) is 0. The third-order valence-corrected chi connectivity index (χ3v) is 4.73. The highest BCUT2D eigenvalue weighted by molar-refractivity contribution is 5.69. The Balaban J connectivity index is 3.78. The van der Waals surface area contributed by atoms with Gasteiger partial charge in [0.15, 0.2) is 0 Å². The van der Waals surface area contributed by atoms with E-state index in [0.717, 1.165) is 57.8 Å². The highest BCUT2D eigenvalue weighted by Crippen LogP contribution is 2.13. The molecule has 0 aromatic carbocycles. The minimum Gasteiger partial charge on any atom is -0.481 e. The van der Waals surface area contributed by atoms with E-state index in [1.165, 1.54) is 0 Å². The summed E-state index contributed by atoms with van der Waals surface area (Å²) in [6.45, 7) is 4.19. The zero-order chi connectivity index (χ0) is 23.7. The van der Waals surface area contributed by atoms with Crippen LogP contribution in [-0.4, -0.2) is 23.1 Å². The minimum atomic E-state index is -0.802. The number of unbranched alkanes of at least 4 members (excludes halogenated alkanes) is 1. The molecule has 4 heteroatoms. The molecule has 0 rings (SSSR count). The van der Waals surface area contributed by atoms with Gasteiger partial charge in [0.05, 0.1) is 0 Å². The zero-order valence-corrected chi connectivity index (χ0v) is 20.2. The molecule has 0 bridgehead atoms. The second-order valence-electron chi connectivity index (χ2n) is 7.79. The number of ether oxygens (including phenoxy) is 1. The summed E-state index contributed by atoms with van der Waals surface area (Å²) in [5, 5.41) is 8.73. The first-order valence-corrected chi connectivity index (χ1v) is 12.3. The topological polar surface area (TPSA) is 63.6 Å². The number of carboxylic acids is 1. The molecule has 1 N–H and O–H groups in total. The van der Waals surface area contributed by atoms with E-state index < -0.39 is 5.97 Å². The van der Waals surface area contributed by atoms with E-state index in [9.17, 15) is 9.59 Å². The van der Waals surface area contributed by atoms with Crippen molar-refractivity contribution in [2.24, 2.45) is 0 Å². The Morgan fingerprint density at radius 1 is 0.719 bits per heavy atom. The van der Waals surface area contributed by atoms with E-state index in [1.54, 1.807) is 0 Å². The van der Waals surface area contributed by atoms with E-state index in [4.69, 9.17) is 9.84 Å². The lowest BCUT2D eigenvalue weighted by molar-refractivity contribution is -0.149. The Hall–Kier alpha value is -2.36. The van der Waals surface area contributed by atoms with Crippen LogP contribution in [0.3, 0.4) is 0 Å². The van der Waals surface area contributed by atoms with Gasteiger partial charge in [0.2, 0.25) is 0 Å². The molecule has 0 aliphatic heterocycles. The molecule has 0 heterocycles. The molecule has 0 aromatic rings. The van der Waals surface area contributed by atoms with Crippen LogP contribution in [0.4, 0.5) is 0 Å². The molecule has 0 fully saturated rings. The summed E-state index contributed by atoms with van der Waals surface area (Å²) >= 11 is 0. The molecule has 4 nitrogen and oxygen atoms in total. The van der Waals surface area contributed by atoms with Gasteiger partial charge in [-0.1, -0.05) is 81.0 Å². The Morgan fingerprint density at radius 2 is 1.25 bits per heavy atom. The fraction of sp³-hybridized carbons (Fsp3) is 0.571. The molecule has 0 amide bonds. The Morgan fingerprint density at radius 3 is 1.75 bits per heavy atom. The van der Waals surface area contributed by atoms with E-state index in [1.807, 2.05) is 6.92 Å². The lowest BCUT2D eigenvalue weighted by Gasteiger charge is -2.16. The lowest BCUT2D eigenvalue weighted by atomic mass is 10.1. The quantitative estimate of drug-likeness (QED) is 0.118. The lowest BCUT2D eigenvalue weighted by Crippen LogP contribution is -2.18. The fourth-order valence-electron chi connectivity index (χ4n) is 3.04. The maximum atomic E-state index is 12.0. The minimum absolute atomic E-state index is 0.127. The molecule has 1 unspecified atom stereocenters. The molecule has 0 aliphatic rings. The van der Waals surface area contributed by atoms with Gasteiger partial charge >= 0.3 is 11.9 Å². The molecule has 32 heavy (non-hydrogen) atoms.